The highest BCUT2D eigenvalue weighted by Crippen LogP contribution is 2.32. The molecule has 0 spiro atoms. The molecule has 25 heavy (non-hydrogen) atoms. The van der Waals surface area contributed by atoms with E-state index < -0.39 is 22.8 Å². The number of anilines is 1. The Labute approximate surface area is 148 Å². The molecule has 0 fully saturated rings. The Bertz CT molecular complexity index is 810. The third kappa shape index (κ3) is 4.54. The van der Waals surface area contributed by atoms with Crippen LogP contribution in [0.5, 0.6) is 0 Å². The lowest BCUT2D eigenvalue weighted by Gasteiger charge is -2.21. The molecule has 0 saturated carbocycles. The molecule has 4 nitrogen and oxygen atoms in total. The topological polar surface area (TPSA) is 46.9 Å². The number of halogens is 4. The lowest BCUT2D eigenvalue weighted by molar-refractivity contribution is -0.138. The van der Waals surface area contributed by atoms with Crippen LogP contribution in [0, 0.1) is 0 Å². The number of hydrogen-bond acceptors (Lipinski definition) is 3. The largest absolute Gasteiger partial charge is 0.416 e. The summed E-state index contributed by atoms with van der Waals surface area (Å²) in [6.07, 6.45) is -2.86. The fourth-order valence-corrected chi connectivity index (χ4v) is 2.58. The van der Waals surface area contributed by atoms with Crippen molar-refractivity contribution in [1.82, 2.24) is 9.78 Å². The van der Waals surface area contributed by atoms with E-state index in [0.29, 0.717) is 5.69 Å². The van der Waals surface area contributed by atoms with Gasteiger partial charge in [0.25, 0.3) is 5.56 Å². The maximum Gasteiger partial charge on any atom is 0.416 e. The van der Waals surface area contributed by atoms with Crippen LogP contribution >= 0.6 is 11.6 Å². The van der Waals surface area contributed by atoms with Crippen LogP contribution < -0.4 is 10.9 Å². The van der Waals surface area contributed by atoms with Gasteiger partial charge in [0.1, 0.15) is 5.02 Å². The van der Waals surface area contributed by atoms with Gasteiger partial charge in [0.05, 0.1) is 23.0 Å². The van der Waals surface area contributed by atoms with Crippen LogP contribution in [0.4, 0.5) is 18.9 Å². The van der Waals surface area contributed by atoms with Crippen LogP contribution in [-0.2, 0) is 18.1 Å². The van der Waals surface area contributed by atoms with E-state index in [-0.39, 0.29) is 23.6 Å². The summed E-state index contributed by atoms with van der Waals surface area (Å²) >= 11 is 6.07. The summed E-state index contributed by atoms with van der Waals surface area (Å²) in [6, 6.07) is 5.40. The molecule has 1 N–H and O–H groups in total. The number of rotatable bonds is 4. The van der Waals surface area contributed by atoms with Crippen molar-refractivity contribution >= 4 is 17.3 Å². The Morgan fingerprint density at radius 2 is 1.84 bits per heavy atom. The Morgan fingerprint density at radius 3 is 2.44 bits per heavy atom. The first kappa shape index (κ1) is 19.3. The monoisotopic (exact) mass is 373 g/mol. The molecule has 2 rings (SSSR count). The van der Waals surface area contributed by atoms with Gasteiger partial charge in [-0.15, -0.1) is 0 Å². The molecule has 1 aromatic heterocycles. The molecule has 0 unspecified atom stereocenters. The van der Waals surface area contributed by atoms with E-state index in [1.165, 1.54) is 23.0 Å². The van der Waals surface area contributed by atoms with Crippen LogP contribution in [0.1, 0.15) is 31.9 Å². The second-order valence-electron chi connectivity index (χ2n) is 6.59. The summed E-state index contributed by atoms with van der Waals surface area (Å²) in [4.78, 5) is 12.2. The maximum absolute atomic E-state index is 13.0. The van der Waals surface area contributed by atoms with Crippen LogP contribution in [0.2, 0.25) is 5.02 Å². The average Bonchev–Trinajstić information content (AvgIpc) is 2.49. The highest BCUT2D eigenvalue weighted by molar-refractivity contribution is 6.32. The van der Waals surface area contributed by atoms with Crippen molar-refractivity contribution in [2.75, 3.05) is 11.9 Å². The van der Waals surface area contributed by atoms with E-state index >= 15 is 0 Å². The zero-order chi connectivity index (χ0) is 18.8. The van der Waals surface area contributed by atoms with E-state index in [2.05, 4.69) is 10.4 Å². The SMILES string of the molecule is CC(C)(C)n1ncc(NCCc2ccccc2C(F)(F)F)c(Cl)c1=O. The second-order valence-corrected chi connectivity index (χ2v) is 6.97. The molecule has 0 atom stereocenters. The smallest absolute Gasteiger partial charge is 0.382 e. The van der Waals surface area contributed by atoms with Gasteiger partial charge in [-0.05, 0) is 38.8 Å². The van der Waals surface area contributed by atoms with Gasteiger partial charge in [-0.1, -0.05) is 29.8 Å². The minimum Gasteiger partial charge on any atom is -0.382 e. The zero-order valence-corrected chi connectivity index (χ0v) is 14.9. The van der Waals surface area contributed by atoms with Crippen molar-refractivity contribution < 1.29 is 13.2 Å². The Hall–Kier alpha value is -2.02. The van der Waals surface area contributed by atoms with Crippen molar-refractivity contribution in [2.45, 2.75) is 38.9 Å². The Balaban J connectivity index is 2.14. The third-order valence-electron chi connectivity index (χ3n) is 3.59. The van der Waals surface area contributed by atoms with Gasteiger partial charge in [0, 0.05) is 6.54 Å². The predicted octanol–water partition coefficient (Wildman–Crippen LogP) is 4.33. The van der Waals surface area contributed by atoms with E-state index in [0.717, 1.165) is 6.07 Å². The predicted molar refractivity (Wildman–Crippen MR) is 92.1 cm³/mol. The summed E-state index contributed by atoms with van der Waals surface area (Å²) < 4.78 is 40.2. The summed E-state index contributed by atoms with van der Waals surface area (Å²) in [5.74, 6) is 0. The summed E-state index contributed by atoms with van der Waals surface area (Å²) in [5, 5.41) is 6.92. The highest BCUT2D eigenvalue weighted by atomic mass is 35.5. The van der Waals surface area contributed by atoms with Crippen molar-refractivity contribution in [3.63, 3.8) is 0 Å². The molecule has 8 heteroatoms. The molecule has 0 aliphatic heterocycles. The number of hydrogen-bond donors (Lipinski definition) is 1. The van der Waals surface area contributed by atoms with Gasteiger partial charge in [-0.2, -0.15) is 18.3 Å². The van der Waals surface area contributed by atoms with Crippen molar-refractivity contribution in [1.29, 1.82) is 0 Å². The second kappa shape index (κ2) is 7.07. The first-order valence-corrected chi connectivity index (χ1v) is 8.07. The lowest BCUT2D eigenvalue weighted by atomic mass is 10.0. The summed E-state index contributed by atoms with van der Waals surface area (Å²) in [6.45, 7) is 5.64. The van der Waals surface area contributed by atoms with Gasteiger partial charge in [-0.25, -0.2) is 4.68 Å². The number of alkyl halides is 3. The van der Waals surface area contributed by atoms with E-state index in [1.54, 1.807) is 6.07 Å². The van der Waals surface area contributed by atoms with Crippen molar-refractivity contribution in [2.24, 2.45) is 0 Å². The fraction of sp³-hybridized carbons (Fsp3) is 0.412. The van der Waals surface area contributed by atoms with E-state index in [1.807, 2.05) is 20.8 Å². The number of nitrogens with one attached hydrogen (secondary N) is 1. The molecule has 2 aromatic rings. The van der Waals surface area contributed by atoms with Crippen LogP contribution in [0.25, 0.3) is 0 Å². The molecule has 0 bridgehead atoms. The number of benzene rings is 1. The molecule has 1 heterocycles. The maximum atomic E-state index is 13.0. The van der Waals surface area contributed by atoms with Gasteiger partial charge in [0.15, 0.2) is 0 Å². The summed E-state index contributed by atoms with van der Waals surface area (Å²) in [7, 11) is 0. The Morgan fingerprint density at radius 1 is 1.20 bits per heavy atom. The first-order valence-electron chi connectivity index (χ1n) is 7.69. The van der Waals surface area contributed by atoms with E-state index in [9.17, 15) is 18.0 Å². The normalized spacial score (nSPS) is 12.3. The molecule has 0 saturated heterocycles. The molecule has 0 aliphatic carbocycles. The minimum absolute atomic E-state index is 0.0333. The molecular formula is C17H19ClF3N3O. The number of aromatic nitrogens is 2. The molecule has 0 radical (unpaired) electrons. The zero-order valence-electron chi connectivity index (χ0n) is 14.1. The molecular weight excluding hydrogens is 355 g/mol. The third-order valence-corrected chi connectivity index (χ3v) is 3.95. The average molecular weight is 374 g/mol. The van der Waals surface area contributed by atoms with Gasteiger partial charge < -0.3 is 5.32 Å². The minimum atomic E-state index is -4.40. The highest BCUT2D eigenvalue weighted by Gasteiger charge is 2.32. The number of nitrogens with zero attached hydrogens (tertiary/aromatic N) is 2. The Kier molecular flexibility index (Phi) is 5.46. The van der Waals surface area contributed by atoms with Crippen molar-refractivity contribution in [3.8, 4) is 0 Å². The van der Waals surface area contributed by atoms with E-state index in [4.69, 9.17) is 11.6 Å². The lowest BCUT2D eigenvalue weighted by Crippen LogP contribution is -2.36. The summed E-state index contributed by atoms with van der Waals surface area (Å²) in [5.41, 5.74) is -1.16. The van der Waals surface area contributed by atoms with Crippen molar-refractivity contribution in [3.05, 3.63) is 57.0 Å². The van der Waals surface area contributed by atoms with Crippen LogP contribution in [0.15, 0.2) is 35.3 Å². The van der Waals surface area contributed by atoms with Gasteiger partial charge in [0.2, 0.25) is 0 Å². The molecule has 136 valence electrons. The van der Waals surface area contributed by atoms with Crippen LogP contribution in [0.3, 0.4) is 0 Å². The van der Waals surface area contributed by atoms with Gasteiger partial charge in [-0.3, -0.25) is 4.79 Å². The first-order chi connectivity index (χ1) is 11.5. The van der Waals surface area contributed by atoms with Gasteiger partial charge >= 0.3 is 6.18 Å². The molecule has 1 aromatic carbocycles. The molecule has 0 amide bonds. The standard InChI is InChI=1S/C17H19ClF3N3O/c1-16(2,3)24-15(25)14(18)13(10-23-24)22-9-8-11-6-4-5-7-12(11)17(19,20)21/h4-7,10,22H,8-9H2,1-3H3. The fourth-order valence-electron chi connectivity index (χ4n) is 2.38. The molecule has 0 aliphatic rings. The van der Waals surface area contributed by atoms with Crippen LogP contribution in [-0.4, -0.2) is 16.3 Å². The quantitative estimate of drug-likeness (QED) is 0.868.